The van der Waals surface area contributed by atoms with Crippen LogP contribution in [0.1, 0.15) is 36.8 Å². The Labute approximate surface area is 110 Å². The molecule has 0 aromatic heterocycles. The van der Waals surface area contributed by atoms with Gasteiger partial charge in [-0.3, -0.25) is 4.90 Å². The summed E-state index contributed by atoms with van der Waals surface area (Å²) in [6.07, 6.45) is 6.56. The van der Waals surface area contributed by atoms with E-state index in [1.165, 1.54) is 49.8 Å². The number of rotatable bonds is 4. The first-order valence-electron chi connectivity index (χ1n) is 7.36. The maximum absolute atomic E-state index is 6.27. The van der Waals surface area contributed by atoms with E-state index in [4.69, 9.17) is 5.73 Å². The molecule has 2 heteroatoms. The third-order valence-electron chi connectivity index (χ3n) is 4.26. The van der Waals surface area contributed by atoms with Gasteiger partial charge >= 0.3 is 0 Å². The van der Waals surface area contributed by atoms with Crippen LogP contribution in [0.2, 0.25) is 0 Å². The van der Waals surface area contributed by atoms with Gasteiger partial charge in [-0.25, -0.2) is 0 Å². The maximum atomic E-state index is 6.27. The molecule has 2 aliphatic rings. The molecule has 1 atom stereocenters. The second-order valence-corrected chi connectivity index (χ2v) is 6.05. The van der Waals surface area contributed by atoms with Crippen LogP contribution in [0.25, 0.3) is 0 Å². The van der Waals surface area contributed by atoms with Crippen molar-refractivity contribution in [1.82, 2.24) is 4.90 Å². The Morgan fingerprint density at radius 1 is 1.22 bits per heavy atom. The molecule has 0 saturated heterocycles. The molecule has 1 aromatic carbocycles. The fraction of sp³-hybridized carbons (Fsp3) is 0.625. The predicted molar refractivity (Wildman–Crippen MR) is 75.4 cm³/mol. The maximum Gasteiger partial charge on any atom is 0.0237 e. The summed E-state index contributed by atoms with van der Waals surface area (Å²) in [7, 11) is 0. The molecule has 1 aliphatic carbocycles. The highest BCUT2D eigenvalue weighted by atomic mass is 15.1. The molecule has 0 bridgehead atoms. The molecule has 2 nitrogen and oxygen atoms in total. The summed E-state index contributed by atoms with van der Waals surface area (Å²) in [4.78, 5) is 2.55. The van der Waals surface area contributed by atoms with Gasteiger partial charge in [0.25, 0.3) is 0 Å². The van der Waals surface area contributed by atoms with Crippen LogP contribution in [0.3, 0.4) is 0 Å². The van der Waals surface area contributed by atoms with Crippen molar-refractivity contribution in [3.8, 4) is 0 Å². The number of nitrogens with zero attached hydrogens (tertiary/aromatic N) is 1. The number of aryl methyl sites for hydroxylation is 1. The lowest BCUT2D eigenvalue weighted by Gasteiger charge is -2.24. The molecule has 0 radical (unpaired) electrons. The Hall–Kier alpha value is -0.860. The van der Waals surface area contributed by atoms with Gasteiger partial charge in [0.2, 0.25) is 0 Å². The van der Waals surface area contributed by atoms with Crippen LogP contribution in [-0.4, -0.2) is 24.0 Å². The molecule has 3 rings (SSSR count). The minimum atomic E-state index is 0.378. The highest BCUT2D eigenvalue weighted by Gasteiger charge is 2.25. The van der Waals surface area contributed by atoms with Gasteiger partial charge in [-0.05, 0) is 42.9 Å². The fourth-order valence-electron chi connectivity index (χ4n) is 3.11. The topological polar surface area (TPSA) is 29.3 Å². The second kappa shape index (κ2) is 5.41. The summed E-state index contributed by atoms with van der Waals surface area (Å²) >= 11 is 0. The fourth-order valence-corrected chi connectivity index (χ4v) is 3.11. The van der Waals surface area contributed by atoms with Gasteiger partial charge in [0.05, 0.1) is 0 Å². The Bertz CT molecular complexity index is 398. The van der Waals surface area contributed by atoms with Gasteiger partial charge in [0.1, 0.15) is 0 Å². The molecular formula is C16H24N2. The van der Waals surface area contributed by atoms with Gasteiger partial charge in [0, 0.05) is 19.1 Å². The first kappa shape index (κ1) is 12.2. The van der Waals surface area contributed by atoms with E-state index in [0.717, 1.165) is 19.0 Å². The van der Waals surface area contributed by atoms with Crippen LogP contribution in [-0.2, 0) is 13.0 Å². The van der Waals surface area contributed by atoms with Crippen molar-refractivity contribution in [3.63, 3.8) is 0 Å². The largest absolute Gasteiger partial charge is 0.327 e. The van der Waals surface area contributed by atoms with Crippen molar-refractivity contribution in [1.29, 1.82) is 0 Å². The molecule has 98 valence electrons. The van der Waals surface area contributed by atoms with Crippen molar-refractivity contribution >= 4 is 0 Å². The molecule has 2 N–H and O–H groups in total. The molecule has 0 amide bonds. The van der Waals surface area contributed by atoms with Crippen LogP contribution in [0.5, 0.6) is 0 Å². The molecular weight excluding hydrogens is 220 g/mol. The predicted octanol–water partition coefficient (Wildman–Crippen LogP) is 2.56. The van der Waals surface area contributed by atoms with Crippen molar-refractivity contribution in [3.05, 3.63) is 35.4 Å². The van der Waals surface area contributed by atoms with Crippen molar-refractivity contribution < 1.29 is 0 Å². The molecule has 0 spiro atoms. The van der Waals surface area contributed by atoms with E-state index in [-0.39, 0.29) is 0 Å². The molecule has 1 saturated carbocycles. The summed E-state index contributed by atoms with van der Waals surface area (Å²) < 4.78 is 0. The van der Waals surface area contributed by atoms with E-state index in [1.807, 2.05) is 0 Å². The lowest BCUT2D eigenvalue weighted by Crippen LogP contribution is -2.37. The number of nitrogens with two attached hydrogens (primary N) is 1. The Morgan fingerprint density at radius 3 is 2.78 bits per heavy atom. The lowest BCUT2D eigenvalue weighted by atomic mass is 10.0. The van der Waals surface area contributed by atoms with Crippen LogP contribution in [0.15, 0.2) is 24.3 Å². The van der Waals surface area contributed by atoms with Crippen LogP contribution in [0.4, 0.5) is 0 Å². The molecule has 18 heavy (non-hydrogen) atoms. The average molecular weight is 244 g/mol. The zero-order chi connectivity index (χ0) is 12.4. The Morgan fingerprint density at radius 2 is 2.00 bits per heavy atom. The summed E-state index contributed by atoms with van der Waals surface area (Å²) in [6.45, 7) is 3.37. The van der Waals surface area contributed by atoms with E-state index >= 15 is 0 Å². The standard InChI is InChI=1S/C16H24N2/c17-16(10-13-7-8-13)12-18-9-3-6-14-4-1-2-5-15(14)11-18/h1-2,4-5,13,16H,3,6-12,17H2/t16-/m0/s1. The highest BCUT2D eigenvalue weighted by Crippen LogP contribution is 2.33. The van der Waals surface area contributed by atoms with E-state index in [2.05, 4.69) is 29.2 Å². The average Bonchev–Trinajstić information content (AvgIpc) is 3.15. The number of hydrogen-bond acceptors (Lipinski definition) is 2. The summed E-state index contributed by atoms with van der Waals surface area (Å²) in [6, 6.07) is 9.26. The van der Waals surface area contributed by atoms with Crippen molar-refractivity contribution in [2.45, 2.75) is 44.7 Å². The Balaban J connectivity index is 1.59. The SMILES string of the molecule is N[C@@H](CC1CC1)CN1CCCc2ccccc2C1. The third kappa shape index (κ3) is 3.12. The van der Waals surface area contributed by atoms with Crippen LogP contribution < -0.4 is 5.73 Å². The Kier molecular flexibility index (Phi) is 3.67. The molecule has 0 unspecified atom stereocenters. The second-order valence-electron chi connectivity index (χ2n) is 6.05. The first-order chi connectivity index (χ1) is 8.81. The molecule has 1 aliphatic heterocycles. The van der Waals surface area contributed by atoms with E-state index < -0.39 is 0 Å². The van der Waals surface area contributed by atoms with Crippen molar-refractivity contribution in [2.24, 2.45) is 11.7 Å². The van der Waals surface area contributed by atoms with Crippen LogP contribution >= 0.6 is 0 Å². The van der Waals surface area contributed by atoms with Gasteiger partial charge in [-0.15, -0.1) is 0 Å². The van der Waals surface area contributed by atoms with Crippen molar-refractivity contribution in [2.75, 3.05) is 13.1 Å². The first-order valence-corrected chi connectivity index (χ1v) is 7.36. The van der Waals surface area contributed by atoms with Gasteiger partial charge in [0.15, 0.2) is 0 Å². The summed E-state index contributed by atoms with van der Waals surface area (Å²) in [5, 5.41) is 0. The van der Waals surface area contributed by atoms with E-state index in [1.54, 1.807) is 0 Å². The van der Waals surface area contributed by atoms with Gasteiger partial charge in [-0.1, -0.05) is 37.1 Å². The van der Waals surface area contributed by atoms with E-state index in [9.17, 15) is 0 Å². The summed E-state index contributed by atoms with van der Waals surface area (Å²) in [5.74, 6) is 0.944. The summed E-state index contributed by atoms with van der Waals surface area (Å²) in [5.41, 5.74) is 9.32. The number of hydrogen-bond donors (Lipinski definition) is 1. The number of fused-ring (bicyclic) bond motifs is 1. The molecule has 1 aromatic rings. The minimum Gasteiger partial charge on any atom is -0.327 e. The van der Waals surface area contributed by atoms with Gasteiger partial charge in [-0.2, -0.15) is 0 Å². The quantitative estimate of drug-likeness (QED) is 0.882. The highest BCUT2D eigenvalue weighted by molar-refractivity contribution is 5.28. The van der Waals surface area contributed by atoms with Crippen LogP contribution in [0, 0.1) is 5.92 Å². The minimum absolute atomic E-state index is 0.378. The normalized spacial score (nSPS) is 22.3. The van der Waals surface area contributed by atoms with Gasteiger partial charge < -0.3 is 5.73 Å². The zero-order valence-electron chi connectivity index (χ0n) is 11.1. The smallest absolute Gasteiger partial charge is 0.0237 e. The van der Waals surface area contributed by atoms with E-state index in [0.29, 0.717) is 6.04 Å². The third-order valence-corrected chi connectivity index (χ3v) is 4.26. The zero-order valence-corrected chi connectivity index (χ0v) is 11.1. The molecule has 1 fully saturated rings. The monoisotopic (exact) mass is 244 g/mol. The molecule has 1 heterocycles. The lowest BCUT2D eigenvalue weighted by molar-refractivity contribution is 0.245. The number of benzene rings is 1.